The van der Waals surface area contributed by atoms with Gasteiger partial charge in [-0.05, 0) is 12.1 Å². The second kappa shape index (κ2) is 12.9. The van der Waals surface area contributed by atoms with Crippen LogP contribution in [0.15, 0.2) is 24.3 Å². The van der Waals surface area contributed by atoms with Crippen LogP contribution in [0.1, 0.15) is 25.2 Å². The van der Waals surface area contributed by atoms with Gasteiger partial charge < -0.3 is 14.2 Å². The summed E-state index contributed by atoms with van der Waals surface area (Å²) in [6, 6.07) is 7.54. The van der Waals surface area contributed by atoms with Crippen molar-refractivity contribution in [1.82, 2.24) is 0 Å². The second-order valence-corrected chi connectivity index (χ2v) is 10.2. The number of hydrogen-bond acceptors (Lipinski definition) is 8. The van der Waals surface area contributed by atoms with E-state index in [9.17, 15) is 4.89 Å². The van der Waals surface area contributed by atoms with Gasteiger partial charge in [0.05, 0.1) is 13.7 Å². The minimum absolute atomic E-state index is 0.147. The molecule has 1 aromatic carbocycles. The molecule has 1 aliphatic rings. The van der Waals surface area contributed by atoms with Crippen LogP contribution in [0, 0.1) is 0 Å². The molecule has 4 atom stereocenters. The molecule has 0 spiro atoms. The van der Waals surface area contributed by atoms with Crippen molar-refractivity contribution >= 4 is 44.7 Å². The Balaban J connectivity index is 1.60. The fourth-order valence-electron chi connectivity index (χ4n) is 2.44. The first-order valence-electron chi connectivity index (χ1n) is 8.89. The summed E-state index contributed by atoms with van der Waals surface area (Å²) in [6.07, 6.45) is -0.123. The van der Waals surface area contributed by atoms with Crippen LogP contribution < -0.4 is 4.74 Å². The Morgan fingerprint density at radius 3 is 2.71 bits per heavy atom. The van der Waals surface area contributed by atoms with Crippen LogP contribution in [0.25, 0.3) is 0 Å². The van der Waals surface area contributed by atoms with E-state index >= 15 is 0 Å². The first-order valence-corrected chi connectivity index (χ1v) is 13.3. The fraction of sp³-hybridized carbons (Fsp3) is 0.647. The van der Waals surface area contributed by atoms with E-state index in [0.717, 1.165) is 11.3 Å². The smallest absolute Gasteiger partial charge is 0.0195 e. The standard InChI is InChI=1S/C17H26O8PS.Tl/c1-13(7-8-18)25-26(19,27)23-10-9-21-11-16-12-22-17(24-16)14-3-5-15(20-2)6-4-14;/h3-6,13,16-17H,7-12H2,1-2H3,(H,19,27);/q-1;+1. The number of rotatable bonds is 13. The molecule has 1 N–H and O–H groups in total. The Morgan fingerprint density at radius 2 is 2.04 bits per heavy atom. The predicted molar refractivity (Wildman–Crippen MR) is 107 cm³/mol. The van der Waals surface area contributed by atoms with Crippen LogP contribution in [-0.2, 0) is 37.8 Å². The van der Waals surface area contributed by atoms with Crippen LogP contribution in [0.5, 0.6) is 5.75 Å². The van der Waals surface area contributed by atoms with E-state index in [1.165, 1.54) is 0 Å². The van der Waals surface area contributed by atoms with Gasteiger partial charge in [-0.15, -0.1) is 0 Å². The predicted octanol–water partition coefficient (Wildman–Crippen LogP) is 2.25. The zero-order chi connectivity index (χ0) is 20.4. The normalized spacial score (nSPS) is 22.6. The molecule has 156 valence electrons. The largest absolute Gasteiger partial charge is 0.340 e. The number of benzene rings is 1. The first-order chi connectivity index (χ1) is 13.4. The Bertz CT molecular complexity index is 620. The molecule has 8 nitrogen and oxygen atoms in total. The summed E-state index contributed by atoms with van der Waals surface area (Å²) < 4.78 is 38.0. The number of hydrogen-bond donors (Lipinski definition) is 1. The Hall–Kier alpha value is 0.312. The maximum absolute atomic E-state index is 10.0. The second-order valence-electron chi connectivity index (χ2n) is 6.15. The van der Waals surface area contributed by atoms with Gasteiger partial charge in [0.1, 0.15) is 5.75 Å². The van der Waals surface area contributed by atoms with E-state index in [2.05, 4.69) is 0 Å². The summed E-state index contributed by atoms with van der Waals surface area (Å²) in [5.41, 5.74) is 0.926. The third kappa shape index (κ3) is 8.99. The average molecular weight is 626 g/mol. The summed E-state index contributed by atoms with van der Waals surface area (Å²) in [7, 11) is 1.62. The van der Waals surface area contributed by atoms with E-state index < -0.39 is 13.0 Å². The summed E-state index contributed by atoms with van der Waals surface area (Å²) in [6.45, 7) is 0.392. The molecule has 2 rings (SSSR count). The minimum atomic E-state index is -3.27. The van der Waals surface area contributed by atoms with Gasteiger partial charge in [0.25, 0.3) is 0 Å². The van der Waals surface area contributed by atoms with Crippen LogP contribution in [-0.4, -0.2) is 83.5 Å². The Morgan fingerprint density at radius 1 is 1.29 bits per heavy atom. The van der Waals surface area contributed by atoms with Gasteiger partial charge in [0.2, 0.25) is 0 Å². The molecule has 0 aliphatic carbocycles. The van der Waals surface area contributed by atoms with Crippen LogP contribution in [0.3, 0.4) is 0 Å². The molecular formula is C17H26O8PSTl. The molecule has 11 heteroatoms. The molecule has 1 aliphatic heterocycles. The SMILES string of the molecule is COc1ccc(C2OCC(COCCOP(O)(=S)OC(C)CC[O][Tl])O2)cc1. The van der Waals surface area contributed by atoms with Gasteiger partial charge in [-0.25, -0.2) is 0 Å². The van der Waals surface area contributed by atoms with Gasteiger partial charge in [-0.1, -0.05) is 12.1 Å². The van der Waals surface area contributed by atoms with Crippen molar-refractivity contribution in [2.24, 2.45) is 0 Å². The van der Waals surface area contributed by atoms with E-state index in [4.69, 9.17) is 42.5 Å². The van der Waals surface area contributed by atoms with Gasteiger partial charge in [-0.3, -0.25) is 0 Å². The third-order valence-corrected chi connectivity index (χ3v) is 6.50. The van der Waals surface area contributed by atoms with E-state index in [1.807, 2.05) is 31.2 Å². The van der Waals surface area contributed by atoms with Crippen LogP contribution >= 0.6 is 6.72 Å². The van der Waals surface area contributed by atoms with E-state index in [-0.39, 0.29) is 25.4 Å². The molecule has 0 radical (unpaired) electrons. The third-order valence-electron chi connectivity index (χ3n) is 3.88. The molecule has 28 heavy (non-hydrogen) atoms. The van der Waals surface area contributed by atoms with Crippen molar-refractivity contribution < 1.29 is 35.6 Å². The molecular weight excluding hydrogens is 600 g/mol. The van der Waals surface area contributed by atoms with Crippen molar-refractivity contribution in [3.63, 3.8) is 0 Å². The quantitative estimate of drug-likeness (QED) is 0.202. The molecule has 4 unspecified atom stereocenters. The zero-order valence-corrected chi connectivity index (χ0v) is 22.2. The molecule has 1 aromatic rings. The van der Waals surface area contributed by atoms with Crippen molar-refractivity contribution in [2.75, 3.05) is 40.1 Å². The van der Waals surface area contributed by atoms with Crippen LogP contribution in [0.2, 0.25) is 0 Å². The van der Waals surface area contributed by atoms with Crippen molar-refractivity contribution in [1.29, 1.82) is 0 Å². The Labute approximate surface area is 187 Å². The molecule has 1 fully saturated rings. The minimum Gasteiger partial charge on any atom is -0.340 e. The van der Waals surface area contributed by atoms with Crippen molar-refractivity contribution in [3.05, 3.63) is 29.8 Å². The van der Waals surface area contributed by atoms with Crippen LogP contribution in [0.4, 0.5) is 0 Å². The Kier molecular flexibility index (Phi) is 11.3. The van der Waals surface area contributed by atoms with Crippen molar-refractivity contribution in [2.45, 2.75) is 31.8 Å². The average Bonchev–Trinajstić information content (AvgIpc) is 3.14. The molecule has 0 amide bonds. The van der Waals surface area contributed by atoms with Crippen molar-refractivity contribution in [3.8, 4) is 5.75 Å². The number of ether oxygens (including phenoxy) is 4. The molecule has 0 aromatic heterocycles. The summed E-state index contributed by atoms with van der Waals surface area (Å²) in [5, 5.41) is 0. The van der Waals surface area contributed by atoms with E-state index in [0.29, 0.717) is 52.5 Å². The molecule has 0 bridgehead atoms. The first kappa shape index (κ1) is 24.6. The van der Waals surface area contributed by atoms with Gasteiger partial charge in [0.15, 0.2) is 6.29 Å². The summed E-state index contributed by atoms with van der Waals surface area (Å²) in [5.74, 6) is 0.783. The molecule has 0 saturated carbocycles. The topological polar surface area (TPSA) is 84.8 Å². The van der Waals surface area contributed by atoms with Gasteiger partial charge >= 0.3 is 118 Å². The maximum atomic E-state index is 10.0. The maximum Gasteiger partial charge on any atom is -0.0195 e. The summed E-state index contributed by atoms with van der Waals surface area (Å²) in [4.78, 5) is 10.0. The monoisotopic (exact) mass is 626 g/mol. The van der Waals surface area contributed by atoms with E-state index in [1.54, 1.807) is 7.11 Å². The molecule has 1 heterocycles. The van der Waals surface area contributed by atoms with Gasteiger partial charge in [-0.2, -0.15) is 0 Å². The zero-order valence-electron chi connectivity index (χ0n) is 16.0. The molecule has 1 saturated heterocycles. The number of methoxy groups -OCH3 is 1. The summed E-state index contributed by atoms with van der Waals surface area (Å²) >= 11 is 5.49. The van der Waals surface area contributed by atoms with Gasteiger partial charge in [0, 0.05) is 5.56 Å². The fourth-order valence-corrected chi connectivity index (χ4v) is 4.56.